The molecule has 0 radical (unpaired) electrons. The Morgan fingerprint density at radius 3 is 2.86 bits per heavy atom. The molecule has 1 fully saturated rings. The lowest BCUT2D eigenvalue weighted by Gasteiger charge is -2.10. The van der Waals surface area contributed by atoms with E-state index >= 15 is 0 Å². The van der Waals surface area contributed by atoms with Gasteiger partial charge in [0.15, 0.2) is 5.78 Å². The van der Waals surface area contributed by atoms with Gasteiger partial charge in [0.1, 0.15) is 6.10 Å². The quantitative estimate of drug-likeness (QED) is 0.420. The fourth-order valence-corrected chi connectivity index (χ4v) is 1.61. The van der Waals surface area contributed by atoms with Crippen LogP contribution in [-0.4, -0.2) is 30.1 Å². The minimum Gasteiger partial charge on any atom is -0.459 e. The molecule has 2 heterocycles. The van der Waals surface area contributed by atoms with Gasteiger partial charge in [-0.25, -0.2) is 4.79 Å². The highest BCUT2D eigenvalue weighted by molar-refractivity contribution is 5.96. The Morgan fingerprint density at radius 1 is 1.29 bits per heavy atom. The van der Waals surface area contributed by atoms with Gasteiger partial charge in [0, 0.05) is 18.9 Å². The number of carbonyl (C=O) groups is 2. The summed E-state index contributed by atoms with van der Waals surface area (Å²) in [6, 6.07) is 0. The summed E-state index contributed by atoms with van der Waals surface area (Å²) in [5, 5.41) is 0. The van der Waals surface area contributed by atoms with Gasteiger partial charge >= 0.3 is 5.97 Å². The molecule has 76 valence electrons. The number of allylic oxidation sites excluding steroid dienone is 1. The maximum atomic E-state index is 11.2. The SMILES string of the molecule is CC1CC2OC2CC(=O)/C=C\C(=O)O1. The van der Waals surface area contributed by atoms with E-state index in [4.69, 9.17) is 9.47 Å². The third-order valence-electron chi connectivity index (χ3n) is 2.38. The van der Waals surface area contributed by atoms with Gasteiger partial charge in [0.25, 0.3) is 0 Å². The zero-order valence-corrected chi connectivity index (χ0v) is 7.93. The third kappa shape index (κ3) is 2.20. The van der Waals surface area contributed by atoms with E-state index in [0.29, 0.717) is 12.8 Å². The normalized spacial score (nSPS) is 39.6. The van der Waals surface area contributed by atoms with Crippen molar-refractivity contribution in [2.75, 3.05) is 0 Å². The molecule has 14 heavy (non-hydrogen) atoms. The molecule has 3 unspecified atom stereocenters. The minimum absolute atomic E-state index is 0.0337. The molecule has 0 amide bonds. The van der Waals surface area contributed by atoms with Crippen LogP contribution in [0.25, 0.3) is 0 Å². The molecule has 0 bridgehead atoms. The molecule has 0 aromatic heterocycles. The van der Waals surface area contributed by atoms with Crippen LogP contribution in [0.15, 0.2) is 12.2 Å². The molecule has 4 heteroatoms. The van der Waals surface area contributed by atoms with Crippen molar-refractivity contribution in [1.82, 2.24) is 0 Å². The van der Waals surface area contributed by atoms with E-state index in [2.05, 4.69) is 0 Å². The van der Waals surface area contributed by atoms with Crippen molar-refractivity contribution in [3.63, 3.8) is 0 Å². The van der Waals surface area contributed by atoms with Crippen molar-refractivity contribution in [3.05, 3.63) is 12.2 Å². The van der Waals surface area contributed by atoms with Gasteiger partial charge in [-0.05, 0) is 13.0 Å². The molecule has 0 saturated carbocycles. The van der Waals surface area contributed by atoms with Crippen molar-refractivity contribution >= 4 is 11.8 Å². The van der Waals surface area contributed by atoms with E-state index < -0.39 is 5.97 Å². The monoisotopic (exact) mass is 196 g/mol. The highest BCUT2D eigenvalue weighted by Crippen LogP contribution is 2.30. The largest absolute Gasteiger partial charge is 0.459 e. The number of fused-ring (bicyclic) bond motifs is 1. The Morgan fingerprint density at radius 2 is 2.07 bits per heavy atom. The summed E-state index contributed by atoms with van der Waals surface area (Å²) in [5.41, 5.74) is 0. The van der Waals surface area contributed by atoms with Gasteiger partial charge in [0.05, 0.1) is 12.2 Å². The van der Waals surface area contributed by atoms with Crippen molar-refractivity contribution in [1.29, 1.82) is 0 Å². The summed E-state index contributed by atoms with van der Waals surface area (Å²) in [4.78, 5) is 22.3. The number of epoxide rings is 1. The molecule has 2 rings (SSSR count). The number of ether oxygens (including phenoxy) is 2. The van der Waals surface area contributed by atoms with E-state index in [1.165, 1.54) is 12.2 Å². The van der Waals surface area contributed by atoms with E-state index in [1.807, 2.05) is 6.92 Å². The first kappa shape index (κ1) is 9.40. The van der Waals surface area contributed by atoms with Gasteiger partial charge in [-0.2, -0.15) is 0 Å². The van der Waals surface area contributed by atoms with Gasteiger partial charge < -0.3 is 9.47 Å². The maximum Gasteiger partial charge on any atom is 0.331 e. The van der Waals surface area contributed by atoms with E-state index in [9.17, 15) is 9.59 Å². The molecule has 0 N–H and O–H groups in total. The first-order valence-electron chi connectivity index (χ1n) is 4.72. The lowest BCUT2D eigenvalue weighted by atomic mass is 10.1. The summed E-state index contributed by atoms with van der Waals surface area (Å²) in [7, 11) is 0. The van der Waals surface area contributed by atoms with Crippen LogP contribution in [0.1, 0.15) is 19.8 Å². The number of hydrogen-bond donors (Lipinski definition) is 0. The Hall–Kier alpha value is -1.16. The molecule has 4 nitrogen and oxygen atoms in total. The summed E-state index contributed by atoms with van der Waals surface area (Å²) in [6.07, 6.45) is 3.48. The molecule has 1 saturated heterocycles. The molecule has 2 aliphatic rings. The number of ketones is 1. The smallest absolute Gasteiger partial charge is 0.331 e. The molecule has 3 atom stereocenters. The second-order valence-corrected chi connectivity index (χ2v) is 3.70. The average Bonchev–Trinajstić information content (AvgIpc) is 2.79. The van der Waals surface area contributed by atoms with Gasteiger partial charge in [-0.15, -0.1) is 0 Å². The van der Waals surface area contributed by atoms with Crippen LogP contribution in [0.2, 0.25) is 0 Å². The fraction of sp³-hybridized carbons (Fsp3) is 0.600. The highest BCUT2D eigenvalue weighted by atomic mass is 16.6. The van der Waals surface area contributed by atoms with Gasteiger partial charge in [-0.3, -0.25) is 4.79 Å². The van der Waals surface area contributed by atoms with Gasteiger partial charge in [0.2, 0.25) is 0 Å². The minimum atomic E-state index is -0.454. The lowest BCUT2D eigenvalue weighted by molar-refractivity contribution is -0.142. The predicted molar refractivity (Wildman–Crippen MR) is 47.6 cm³/mol. The van der Waals surface area contributed by atoms with Crippen molar-refractivity contribution in [2.24, 2.45) is 0 Å². The Balaban J connectivity index is 2.05. The van der Waals surface area contributed by atoms with E-state index in [-0.39, 0.29) is 24.1 Å². The molecule has 0 aliphatic carbocycles. The van der Waals surface area contributed by atoms with Crippen LogP contribution in [0.5, 0.6) is 0 Å². The highest BCUT2D eigenvalue weighted by Gasteiger charge is 2.41. The number of esters is 1. The zero-order valence-electron chi connectivity index (χ0n) is 7.93. The average molecular weight is 196 g/mol. The Bertz CT molecular complexity index is 294. The van der Waals surface area contributed by atoms with Crippen molar-refractivity contribution < 1.29 is 19.1 Å². The fourth-order valence-electron chi connectivity index (χ4n) is 1.61. The van der Waals surface area contributed by atoms with Crippen LogP contribution in [-0.2, 0) is 19.1 Å². The van der Waals surface area contributed by atoms with E-state index in [0.717, 1.165) is 0 Å². The second kappa shape index (κ2) is 3.53. The van der Waals surface area contributed by atoms with Crippen LogP contribution in [0.4, 0.5) is 0 Å². The van der Waals surface area contributed by atoms with Crippen LogP contribution in [0.3, 0.4) is 0 Å². The number of hydrogen-bond acceptors (Lipinski definition) is 4. The first-order valence-corrected chi connectivity index (χ1v) is 4.72. The summed E-state index contributed by atoms with van der Waals surface area (Å²) in [6.45, 7) is 1.83. The lowest BCUT2D eigenvalue weighted by Crippen LogP contribution is -2.18. The first-order chi connectivity index (χ1) is 6.65. The topological polar surface area (TPSA) is 55.9 Å². The predicted octanol–water partition coefficient (Wildman–Crippen LogP) is 0.605. The van der Waals surface area contributed by atoms with E-state index in [1.54, 1.807) is 0 Å². The standard InChI is InChI=1S/C10H12O4/c1-6-4-8-9(14-8)5-7(11)2-3-10(12)13-6/h2-3,6,8-9H,4-5H2,1H3/b3-2-. The molecule has 0 aromatic rings. The van der Waals surface area contributed by atoms with Crippen LogP contribution >= 0.6 is 0 Å². The van der Waals surface area contributed by atoms with Gasteiger partial charge in [-0.1, -0.05) is 0 Å². The van der Waals surface area contributed by atoms with Crippen LogP contribution < -0.4 is 0 Å². The number of carbonyl (C=O) groups excluding carboxylic acids is 2. The molecular weight excluding hydrogens is 184 g/mol. The molecular formula is C10H12O4. The Kier molecular flexibility index (Phi) is 2.37. The van der Waals surface area contributed by atoms with Crippen molar-refractivity contribution in [3.8, 4) is 0 Å². The maximum absolute atomic E-state index is 11.2. The number of cyclic esters (lactones) is 1. The second-order valence-electron chi connectivity index (χ2n) is 3.70. The molecule has 0 spiro atoms. The Labute approximate surface area is 81.9 Å². The zero-order chi connectivity index (χ0) is 10.1. The summed E-state index contributed by atoms with van der Waals surface area (Å²) >= 11 is 0. The summed E-state index contributed by atoms with van der Waals surface area (Å²) < 4.78 is 10.3. The van der Waals surface area contributed by atoms with Crippen molar-refractivity contribution in [2.45, 2.75) is 38.1 Å². The number of rotatable bonds is 0. The molecule has 0 aromatic carbocycles. The van der Waals surface area contributed by atoms with Crippen LogP contribution in [0, 0.1) is 0 Å². The third-order valence-corrected chi connectivity index (χ3v) is 2.38. The molecule has 2 aliphatic heterocycles. The summed E-state index contributed by atoms with van der Waals surface area (Å²) in [5.74, 6) is -0.533.